The molecule has 0 radical (unpaired) electrons. The molecule has 0 atom stereocenters. The van der Waals surface area contributed by atoms with Crippen molar-refractivity contribution in [2.45, 2.75) is 36.9 Å². The summed E-state index contributed by atoms with van der Waals surface area (Å²) in [4.78, 5) is 5.07. The van der Waals surface area contributed by atoms with Crippen molar-refractivity contribution in [1.29, 1.82) is 0 Å². The fourth-order valence-corrected chi connectivity index (χ4v) is 2.58. The van der Waals surface area contributed by atoms with Crippen LogP contribution in [-0.2, 0) is 6.54 Å². The van der Waals surface area contributed by atoms with E-state index in [0.717, 1.165) is 23.6 Å². The first-order valence-electron chi connectivity index (χ1n) is 6.28. The molecule has 0 bridgehead atoms. The second kappa shape index (κ2) is 6.73. The molecule has 2 rings (SSSR count). The number of nitrogens with zero attached hydrogens (tertiary/aromatic N) is 1. The third kappa shape index (κ3) is 3.81. The molecule has 0 saturated carbocycles. The molecule has 0 amide bonds. The van der Waals surface area contributed by atoms with Crippen LogP contribution in [0.4, 0.5) is 4.39 Å². The molecular weight excluding hydrogens is 263 g/mol. The summed E-state index contributed by atoms with van der Waals surface area (Å²) in [6.07, 6.45) is 2.62. The average molecular weight is 280 g/mol. The lowest BCUT2D eigenvalue weighted by molar-refractivity contribution is 0.454. The van der Waals surface area contributed by atoms with Crippen molar-refractivity contribution in [1.82, 2.24) is 10.3 Å². The summed E-state index contributed by atoms with van der Waals surface area (Å²) in [5, 5.41) is 3.76. The van der Waals surface area contributed by atoms with Crippen LogP contribution in [0.2, 0.25) is 0 Å². The number of nitrogens with one attached hydrogen (secondary N) is 1. The first-order chi connectivity index (χ1) is 9.20. The van der Waals surface area contributed by atoms with Gasteiger partial charge in [-0.2, -0.15) is 0 Å². The zero-order chi connectivity index (χ0) is 13.7. The SMILES string of the molecule is CCCNCc1c(F)cccc1Sc1nc(C)co1. The molecule has 3 nitrogen and oxygen atoms in total. The molecule has 1 N–H and O–H groups in total. The molecule has 2 aromatic rings. The molecule has 0 aliphatic heterocycles. The first kappa shape index (κ1) is 14.1. The van der Waals surface area contributed by atoms with Crippen LogP contribution in [0.15, 0.2) is 39.0 Å². The van der Waals surface area contributed by atoms with E-state index in [-0.39, 0.29) is 5.82 Å². The van der Waals surface area contributed by atoms with Gasteiger partial charge in [-0.3, -0.25) is 0 Å². The lowest BCUT2D eigenvalue weighted by Gasteiger charge is -2.09. The Bertz CT molecular complexity index is 542. The van der Waals surface area contributed by atoms with E-state index in [1.165, 1.54) is 17.8 Å². The van der Waals surface area contributed by atoms with E-state index in [0.29, 0.717) is 17.3 Å². The van der Waals surface area contributed by atoms with Gasteiger partial charge in [-0.15, -0.1) is 0 Å². The van der Waals surface area contributed by atoms with Crippen molar-refractivity contribution in [2.75, 3.05) is 6.54 Å². The lowest BCUT2D eigenvalue weighted by Crippen LogP contribution is -2.15. The van der Waals surface area contributed by atoms with Crippen molar-refractivity contribution in [3.8, 4) is 0 Å². The van der Waals surface area contributed by atoms with Gasteiger partial charge >= 0.3 is 0 Å². The van der Waals surface area contributed by atoms with Gasteiger partial charge in [-0.25, -0.2) is 9.37 Å². The van der Waals surface area contributed by atoms with Crippen molar-refractivity contribution in [3.63, 3.8) is 0 Å². The summed E-state index contributed by atoms with van der Waals surface area (Å²) in [6.45, 7) is 5.33. The minimum atomic E-state index is -0.197. The maximum absolute atomic E-state index is 13.9. The highest BCUT2D eigenvalue weighted by Crippen LogP contribution is 2.31. The van der Waals surface area contributed by atoms with Crippen molar-refractivity contribution < 1.29 is 8.81 Å². The monoisotopic (exact) mass is 280 g/mol. The van der Waals surface area contributed by atoms with Gasteiger partial charge in [0.2, 0.25) is 0 Å². The molecule has 5 heteroatoms. The zero-order valence-corrected chi connectivity index (χ0v) is 11.9. The molecular formula is C14H17FN2OS. The summed E-state index contributed by atoms with van der Waals surface area (Å²) < 4.78 is 19.2. The number of aryl methyl sites for hydroxylation is 1. The van der Waals surface area contributed by atoms with Gasteiger partial charge in [0.05, 0.1) is 5.69 Å². The summed E-state index contributed by atoms with van der Waals surface area (Å²) in [5.74, 6) is -0.197. The predicted molar refractivity (Wildman–Crippen MR) is 73.8 cm³/mol. The Kier molecular flexibility index (Phi) is 4.99. The number of hydrogen-bond acceptors (Lipinski definition) is 4. The van der Waals surface area contributed by atoms with Crippen molar-refractivity contribution >= 4 is 11.8 Å². The van der Waals surface area contributed by atoms with Crippen LogP contribution >= 0.6 is 11.8 Å². The molecule has 0 aliphatic carbocycles. The Balaban J connectivity index is 2.16. The van der Waals surface area contributed by atoms with E-state index >= 15 is 0 Å². The summed E-state index contributed by atoms with van der Waals surface area (Å²) in [6, 6.07) is 5.07. The largest absolute Gasteiger partial charge is 0.439 e. The van der Waals surface area contributed by atoms with Crippen LogP contribution in [0.1, 0.15) is 24.6 Å². The molecule has 0 unspecified atom stereocenters. The van der Waals surface area contributed by atoms with Crippen molar-refractivity contribution in [2.24, 2.45) is 0 Å². The maximum atomic E-state index is 13.9. The summed E-state index contributed by atoms with van der Waals surface area (Å²) >= 11 is 1.35. The van der Waals surface area contributed by atoms with E-state index in [2.05, 4.69) is 17.2 Å². The Morgan fingerprint density at radius 2 is 2.26 bits per heavy atom. The molecule has 102 valence electrons. The Morgan fingerprint density at radius 1 is 1.42 bits per heavy atom. The molecule has 1 aromatic carbocycles. The van der Waals surface area contributed by atoms with Gasteiger partial charge in [0, 0.05) is 17.0 Å². The Hall–Kier alpha value is -1.33. The van der Waals surface area contributed by atoms with Gasteiger partial charge in [-0.05, 0) is 43.8 Å². The number of oxazole rings is 1. The summed E-state index contributed by atoms with van der Waals surface area (Å²) in [5.41, 5.74) is 1.49. The van der Waals surface area contributed by atoms with Gasteiger partial charge in [0.1, 0.15) is 12.1 Å². The van der Waals surface area contributed by atoms with Crippen LogP contribution in [0.3, 0.4) is 0 Å². The third-order valence-corrected chi connectivity index (χ3v) is 3.56. The van der Waals surface area contributed by atoms with Crippen LogP contribution in [-0.4, -0.2) is 11.5 Å². The second-order valence-electron chi connectivity index (χ2n) is 4.25. The molecule has 1 heterocycles. The highest BCUT2D eigenvalue weighted by Gasteiger charge is 2.12. The van der Waals surface area contributed by atoms with Crippen LogP contribution < -0.4 is 5.32 Å². The van der Waals surface area contributed by atoms with E-state index < -0.39 is 0 Å². The van der Waals surface area contributed by atoms with Gasteiger partial charge in [0.25, 0.3) is 5.22 Å². The molecule has 19 heavy (non-hydrogen) atoms. The smallest absolute Gasteiger partial charge is 0.260 e. The number of halogens is 1. The standard InChI is InChI=1S/C14H17FN2OS/c1-3-7-16-8-11-12(15)5-4-6-13(11)19-14-17-10(2)9-18-14/h4-6,9,16H,3,7-8H2,1-2H3. The van der Waals surface area contributed by atoms with E-state index in [4.69, 9.17) is 4.42 Å². The average Bonchev–Trinajstić information content (AvgIpc) is 2.78. The molecule has 0 fully saturated rings. The molecule has 0 saturated heterocycles. The highest BCUT2D eigenvalue weighted by atomic mass is 32.2. The number of rotatable bonds is 6. The van der Waals surface area contributed by atoms with Gasteiger partial charge < -0.3 is 9.73 Å². The van der Waals surface area contributed by atoms with Gasteiger partial charge in [-0.1, -0.05) is 13.0 Å². The van der Waals surface area contributed by atoms with Crippen LogP contribution in [0, 0.1) is 12.7 Å². The Morgan fingerprint density at radius 3 is 2.95 bits per heavy atom. The Labute approximate surface area is 116 Å². The minimum Gasteiger partial charge on any atom is -0.439 e. The van der Waals surface area contributed by atoms with Gasteiger partial charge in [0.15, 0.2) is 0 Å². The third-order valence-electron chi connectivity index (χ3n) is 2.60. The van der Waals surface area contributed by atoms with Crippen molar-refractivity contribution in [3.05, 3.63) is 41.5 Å². The molecule has 0 spiro atoms. The highest BCUT2D eigenvalue weighted by molar-refractivity contribution is 7.99. The fraction of sp³-hybridized carbons (Fsp3) is 0.357. The normalized spacial score (nSPS) is 10.9. The van der Waals surface area contributed by atoms with E-state index in [1.807, 2.05) is 13.0 Å². The van der Waals surface area contributed by atoms with E-state index in [1.54, 1.807) is 12.3 Å². The number of hydrogen-bond donors (Lipinski definition) is 1. The number of aromatic nitrogens is 1. The fourth-order valence-electron chi connectivity index (χ4n) is 1.67. The van der Waals surface area contributed by atoms with E-state index in [9.17, 15) is 4.39 Å². The maximum Gasteiger partial charge on any atom is 0.260 e. The molecule has 0 aliphatic rings. The van der Waals surface area contributed by atoms with Crippen LogP contribution in [0.5, 0.6) is 0 Å². The topological polar surface area (TPSA) is 38.1 Å². The number of benzene rings is 1. The lowest BCUT2D eigenvalue weighted by atomic mass is 10.2. The van der Waals surface area contributed by atoms with Crippen LogP contribution in [0.25, 0.3) is 0 Å². The molecule has 1 aromatic heterocycles. The zero-order valence-electron chi connectivity index (χ0n) is 11.1. The second-order valence-corrected chi connectivity index (χ2v) is 5.24. The minimum absolute atomic E-state index is 0.197. The quantitative estimate of drug-likeness (QED) is 0.817. The summed E-state index contributed by atoms with van der Waals surface area (Å²) in [7, 11) is 0. The predicted octanol–water partition coefficient (Wildman–Crippen LogP) is 3.77. The first-order valence-corrected chi connectivity index (χ1v) is 7.10.